The Hall–Kier alpha value is -1.72. The lowest BCUT2D eigenvalue weighted by atomic mass is 9.93. The molecule has 2 atom stereocenters. The molecule has 2 aromatic rings. The number of thiazole rings is 1. The van der Waals surface area contributed by atoms with E-state index in [2.05, 4.69) is 4.98 Å². The highest BCUT2D eigenvalue weighted by molar-refractivity contribution is 7.19. The van der Waals surface area contributed by atoms with Crippen LogP contribution in [-0.2, 0) is 4.79 Å². The van der Waals surface area contributed by atoms with Gasteiger partial charge in [-0.25, -0.2) is 4.98 Å². The number of carbonyl (C=O) groups excluding carboxylic acids is 1. The number of hydrogen-bond donors (Lipinski definition) is 1. The lowest BCUT2D eigenvalue weighted by Crippen LogP contribution is -2.42. The van der Waals surface area contributed by atoms with Gasteiger partial charge in [0.25, 0.3) is 0 Å². The van der Waals surface area contributed by atoms with Crippen molar-refractivity contribution in [2.24, 2.45) is 5.92 Å². The van der Waals surface area contributed by atoms with Crippen LogP contribution in [0.3, 0.4) is 0 Å². The molecule has 3 rings (SSSR count). The van der Waals surface area contributed by atoms with Gasteiger partial charge in [0.15, 0.2) is 0 Å². The van der Waals surface area contributed by atoms with Crippen LogP contribution < -0.4 is 0 Å². The summed E-state index contributed by atoms with van der Waals surface area (Å²) in [6, 6.07) is 7.96. The standard InChI is InChI=1S/C17H20N2O2S/c1-12(20)13-5-4-10-19(11-13)17(21)9-8-16-18-14-6-2-3-7-15(14)22-16/h2-3,6-9,12-13,20H,4-5,10-11H2,1H3/b9-8+. The van der Waals surface area contributed by atoms with Gasteiger partial charge in [-0.2, -0.15) is 0 Å². The summed E-state index contributed by atoms with van der Waals surface area (Å²) in [5.41, 5.74) is 0.965. The summed E-state index contributed by atoms with van der Waals surface area (Å²) in [6.07, 6.45) is 4.98. The van der Waals surface area contributed by atoms with Crippen LogP contribution in [0.15, 0.2) is 30.3 Å². The Morgan fingerprint density at radius 1 is 1.50 bits per heavy atom. The van der Waals surface area contributed by atoms with Crippen LogP contribution in [0.1, 0.15) is 24.8 Å². The predicted octanol–water partition coefficient (Wildman–Crippen LogP) is 2.93. The van der Waals surface area contributed by atoms with Crippen molar-refractivity contribution in [1.29, 1.82) is 0 Å². The molecule has 1 saturated heterocycles. The topological polar surface area (TPSA) is 53.4 Å². The van der Waals surface area contributed by atoms with Crippen molar-refractivity contribution in [1.82, 2.24) is 9.88 Å². The zero-order valence-electron chi connectivity index (χ0n) is 12.6. The van der Waals surface area contributed by atoms with E-state index in [1.807, 2.05) is 29.2 Å². The Morgan fingerprint density at radius 2 is 2.32 bits per heavy atom. The lowest BCUT2D eigenvalue weighted by molar-refractivity contribution is -0.128. The number of likely N-dealkylation sites (tertiary alicyclic amines) is 1. The SMILES string of the molecule is CC(O)C1CCCN(C(=O)/C=C/c2nc3ccccc3s2)C1. The molecule has 2 unspecified atom stereocenters. The van der Waals surface area contributed by atoms with Gasteiger partial charge < -0.3 is 10.0 Å². The third-order valence-electron chi connectivity index (χ3n) is 4.13. The average molecular weight is 316 g/mol. The minimum atomic E-state index is -0.358. The van der Waals surface area contributed by atoms with E-state index >= 15 is 0 Å². The van der Waals surface area contributed by atoms with E-state index in [1.54, 1.807) is 30.4 Å². The molecule has 0 radical (unpaired) electrons. The molecule has 2 heterocycles. The Kier molecular flexibility index (Phi) is 4.55. The fourth-order valence-electron chi connectivity index (χ4n) is 2.81. The van der Waals surface area contributed by atoms with Gasteiger partial charge in [-0.1, -0.05) is 12.1 Å². The Morgan fingerprint density at radius 3 is 3.09 bits per heavy atom. The van der Waals surface area contributed by atoms with Gasteiger partial charge in [0, 0.05) is 25.1 Å². The monoisotopic (exact) mass is 316 g/mol. The first-order chi connectivity index (χ1) is 10.6. The summed E-state index contributed by atoms with van der Waals surface area (Å²) in [7, 11) is 0. The van der Waals surface area contributed by atoms with Crippen molar-refractivity contribution in [3.8, 4) is 0 Å². The molecule has 1 aromatic heterocycles. The van der Waals surface area contributed by atoms with E-state index in [1.165, 1.54) is 0 Å². The number of nitrogens with zero attached hydrogens (tertiary/aromatic N) is 2. The van der Waals surface area contributed by atoms with Crippen LogP contribution >= 0.6 is 11.3 Å². The van der Waals surface area contributed by atoms with Gasteiger partial charge >= 0.3 is 0 Å². The summed E-state index contributed by atoms with van der Waals surface area (Å²) in [6.45, 7) is 3.21. The maximum absolute atomic E-state index is 12.3. The summed E-state index contributed by atoms with van der Waals surface area (Å²) in [5.74, 6) is 0.193. The quantitative estimate of drug-likeness (QED) is 0.886. The molecule has 4 nitrogen and oxygen atoms in total. The third-order valence-corrected chi connectivity index (χ3v) is 5.13. The fraction of sp³-hybridized carbons (Fsp3) is 0.412. The zero-order valence-corrected chi connectivity index (χ0v) is 13.4. The van der Waals surface area contributed by atoms with Gasteiger partial charge in [-0.05, 0) is 38.0 Å². The molecular weight excluding hydrogens is 296 g/mol. The number of carbonyl (C=O) groups is 1. The number of aliphatic hydroxyl groups excluding tert-OH is 1. The maximum atomic E-state index is 12.3. The first-order valence-corrected chi connectivity index (χ1v) is 8.46. The molecule has 0 bridgehead atoms. The molecule has 1 N–H and O–H groups in total. The van der Waals surface area contributed by atoms with Crippen molar-refractivity contribution >= 4 is 33.5 Å². The minimum Gasteiger partial charge on any atom is -0.393 e. The van der Waals surface area contributed by atoms with Gasteiger partial charge in [0.1, 0.15) is 5.01 Å². The van der Waals surface area contributed by atoms with E-state index in [0.29, 0.717) is 6.54 Å². The summed E-state index contributed by atoms with van der Waals surface area (Å²) in [4.78, 5) is 18.6. The smallest absolute Gasteiger partial charge is 0.246 e. The van der Waals surface area contributed by atoms with Gasteiger partial charge in [-0.3, -0.25) is 4.79 Å². The summed E-state index contributed by atoms with van der Waals surface area (Å²) in [5, 5.41) is 10.5. The van der Waals surface area contributed by atoms with E-state index in [0.717, 1.165) is 34.6 Å². The van der Waals surface area contributed by atoms with Crippen molar-refractivity contribution in [3.63, 3.8) is 0 Å². The van der Waals surface area contributed by atoms with Crippen molar-refractivity contribution in [3.05, 3.63) is 35.3 Å². The van der Waals surface area contributed by atoms with E-state index in [4.69, 9.17) is 0 Å². The number of aromatic nitrogens is 1. The van der Waals surface area contributed by atoms with Crippen molar-refractivity contribution in [2.45, 2.75) is 25.9 Å². The van der Waals surface area contributed by atoms with Crippen molar-refractivity contribution in [2.75, 3.05) is 13.1 Å². The highest BCUT2D eigenvalue weighted by Crippen LogP contribution is 2.23. The molecule has 22 heavy (non-hydrogen) atoms. The van der Waals surface area contributed by atoms with Gasteiger partial charge in [0.05, 0.1) is 16.3 Å². The normalized spacial score (nSPS) is 20.6. The number of piperidine rings is 1. The molecule has 1 amide bonds. The molecule has 116 valence electrons. The molecule has 0 saturated carbocycles. The van der Waals surface area contributed by atoms with Crippen LogP contribution in [0.2, 0.25) is 0 Å². The second-order valence-electron chi connectivity index (χ2n) is 5.78. The van der Waals surface area contributed by atoms with Crippen LogP contribution in [0.25, 0.3) is 16.3 Å². The fourth-order valence-corrected chi connectivity index (χ4v) is 3.68. The maximum Gasteiger partial charge on any atom is 0.246 e. The molecule has 1 aliphatic heterocycles. The van der Waals surface area contributed by atoms with E-state index in [9.17, 15) is 9.90 Å². The van der Waals surface area contributed by atoms with Crippen LogP contribution in [0.5, 0.6) is 0 Å². The number of benzene rings is 1. The second kappa shape index (κ2) is 6.58. The Labute approximate surface area is 134 Å². The second-order valence-corrected chi connectivity index (χ2v) is 6.84. The highest BCUT2D eigenvalue weighted by atomic mass is 32.1. The molecule has 1 aromatic carbocycles. The Balaban J connectivity index is 1.67. The largest absolute Gasteiger partial charge is 0.393 e. The number of amides is 1. The van der Waals surface area contributed by atoms with Crippen LogP contribution in [0, 0.1) is 5.92 Å². The van der Waals surface area contributed by atoms with Gasteiger partial charge in [-0.15, -0.1) is 11.3 Å². The molecule has 0 aliphatic carbocycles. The number of hydrogen-bond acceptors (Lipinski definition) is 4. The molecule has 5 heteroatoms. The van der Waals surface area contributed by atoms with E-state index < -0.39 is 0 Å². The molecule has 0 spiro atoms. The number of rotatable bonds is 3. The highest BCUT2D eigenvalue weighted by Gasteiger charge is 2.25. The summed E-state index contributed by atoms with van der Waals surface area (Å²) < 4.78 is 1.13. The summed E-state index contributed by atoms with van der Waals surface area (Å²) >= 11 is 1.58. The average Bonchev–Trinajstić information content (AvgIpc) is 2.95. The van der Waals surface area contributed by atoms with Gasteiger partial charge in [0.2, 0.25) is 5.91 Å². The van der Waals surface area contributed by atoms with Crippen molar-refractivity contribution < 1.29 is 9.90 Å². The van der Waals surface area contributed by atoms with Crippen LogP contribution in [-0.4, -0.2) is 40.1 Å². The number of fused-ring (bicyclic) bond motifs is 1. The number of aliphatic hydroxyl groups is 1. The first-order valence-electron chi connectivity index (χ1n) is 7.64. The third kappa shape index (κ3) is 3.36. The Bertz CT molecular complexity index is 660. The van der Waals surface area contributed by atoms with E-state index in [-0.39, 0.29) is 17.9 Å². The molecule has 1 aliphatic rings. The lowest BCUT2D eigenvalue weighted by Gasteiger charge is -2.33. The predicted molar refractivity (Wildman–Crippen MR) is 89.6 cm³/mol. The zero-order chi connectivity index (χ0) is 15.5. The molecule has 1 fully saturated rings. The molecular formula is C17H20N2O2S. The first kappa shape index (κ1) is 15.2. The minimum absolute atomic E-state index is 0.00426. The number of para-hydroxylation sites is 1. The van der Waals surface area contributed by atoms with Crippen LogP contribution in [0.4, 0.5) is 0 Å².